The van der Waals surface area contributed by atoms with E-state index < -0.39 is 0 Å². The number of ether oxygens (including phenoxy) is 1. The van der Waals surface area contributed by atoms with Crippen LogP contribution in [0.25, 0.3) is 0 Å². The van der Waals surface area contributed by atoms with Gasteiger partial charge in [0, 0.05) is 17.8 Å². The molecule has 0 radical (unpaired) electrons. The molecule has 0 unspecified atom stereocenters. The molecule has 3 N–H and O–H groups in total. The highest BCUT2D eigenvalue weighted by atomic mass is 35.5. The number of nitrogens with one attached hydrogen (secondary N) is 1. The van der Waals surface area contributed by atoms with E-state index in [1.165, 1.54) is 10.4 Å². The van der Waals surface area contributed by atoms with Gasteiger partial charge >= 0.3 is 0 Å². The Hall–Kier alpha value is -0.620. The van der Waals surface area contributed by atoms with Crippen LogP contribution in [0.3, 0.4) is 0 Å². The van der Waals surface area contributed by atoms with Crippen molar-refractivity contribution in [2.24, 2.45) is 5.73 Å². The molecule has 2 heterocycles. The fourth-order valence-corrected chi connectivity index (χ4v) is 2.72. The van der Waals surface area contributed by atoms with Crippen LogP contribution in [-0.4, -0.2) is 25.6 Å². The molecule has 1 amide bonds. The van der Waals surface area contributed by atoms with Crippen LogP contribution in [0.15, 0.2) is 6.07 Å². The van der Waals surface area contributed by atoms with Gasteiger partial charge in [0.2, 0.25) is 0 Å². The molecule has 0 aliphatic carbocycles. The van der Waals surface area contributed by atoms with Gasteiger partial charge in [-0.2, -0.15) is 0 Å². The highest BCUT2D eigenvalue weighted by molar-refractivity contribution is 7.14. The fraction of sp³-hybridized carbons (Fsp3) is 0.545. The fourth-order valence-electron chi connectivity index (χ4n) is 1.65. The number of hydrogen-bond acceptors (Lipinski definition) is 4. The highest BCUT2D eigenvalue weighted by Gasteiger charge is 2.16. The first-order chi connectivity index (χ1) is 7.81. The third-order valence-corrected chi connectivity index (χ3v) is 3.75. The molecule has 0 aromatic carbocycles. The summed E-state index contributed by atoms with van der Waals surface area (Å²) in [6.45, 7) is 2.66. The summed E-state index contributed by atoms with van der Waals surface area (Å²) in [5.74, 6) is 0.00727. The van der Waals surface area contributed by atoms with Crippen LogP contribution < -0.4 is 11.1 Å². The summed E-state index contributed by atoms with van der Waals surface area (Å²) in [7, 11) is 0. The molecule has 0 spiro atoms. The third kappa shape index (κ3) is 3.67. The lowest BCUT2D eigenvalue weighted by atomic mass is 10.2. The summed E-state index contributed by atoms with van der Waals surface area (Å²) in [5.41, 5.74) is 6.53. The molecule has 0 atom stereocenters. The first-order valence-electron chi connectivity index (χ1n) is 5.49. The van der Waals surface area contributed by atoms with E-state index in [4.69, 9.17) is 10.5 Å². The lowest BCUT2D eigenvalue weighted by Gasteiger charge is -2.10. The minimum absolute atomic E-state index is 0. The average Bonchev–Trinajstić information content (AvgIpc) is 2.73. The van der Waals surface area contributed by atoms with Gasteiger partial charge < -0.3 is 15.8 Å². The first-order valence-corrected chi connectivity index (χ1v) is 6.30. The van der Waals surface area contributed by atoms with Gasteiger partial charge in [0.15, 0.2) is 0 Å². The lowest BCUT2D eigenvalue weighted by molar-refractivity contribution is 0.0957. The van der Waals surface area contributed by atoms with E-state index >= 15 is 0 Å². The van der Waals surface area contributed by atoms with E-state index in [9.17, 15) is 4.79 Å². The van der Waals surface area contributed by atoms with Gasteiger partial charge in [0.1, 0.15) is 0 Å². The van der Waals surface area contributed by atoms with E-state index in [1.54, 1.807) is 11.3 Å². The van der Waals surface area contributed by atoms with E-state index in [0.717, 1.165) is 24.3 Å². The maximum atomic E-state index is 11.8. The standard InChI is InChI=1S/C11H16N2O2S.ClH/c12-3-1-4-13-11(14)10-6-8-7-15-5-2-9(8)16-10;/h6H,1-5,7,12H2,(H,13,14);1H. The van der Waals surface area contributed by atoms with Crippen molar-refractivity contribution in [3.63, 3.8) is 0 Å². The summed E-state index contributed by atoms with van der Waals surface area (Å²) in [4.78, 5) is 13.8. The average molecular weight is 277 g/mol. The van der Waals surface area contributed by atoms with Crippen LogP contribution >= 0.6 is 23.7 Å². The third-order valence-electron chi connectivity index (χ3n) is 2.52. The molecule has 0 saturated heterocycles. The van der Waals surface area contributed by atoms with Gasteiger partial charge in [-0.15, -0.1) is 23.7 Å². The van der Waals surface area contributed by atoms with Gasteiger partial charge in [-0.3, -0.25) is 4.79 Å². The molecule has 6 heteroatoms. The summed E-state index contributed by atoms with van der Waals surface area (Å²) in [5, 5.41) is 2.86. The van der Waals surface area contributed by atoms with Crippen LogP contribution in [0.1, 0.15) is 26.5 Å². The maximum Gasteiger partial charge on any atom is 0.261 e. The van der Waals surface area contributed by atoms with Crippen molar-refractivity contribution in [2.75, 3.05) is 19.7 Å². The Kier molecular flexibility index (Phi) is 5.91. The number of carbonyl (C=O) groups excluding carboxylic acids is 1. The quantitative estimate of drug-likeness (QED) is 0.816. The van der Waals surface area contributed by atoms with Crippen molar-refractivity contribution in [1.29, 1.82) is 0 Å². The second-order valence-electron chi connectivity index (χ2n) is 3.76. The molecule has 0 saturated carbocycles. The van der Waals surface area contributed by atoms with Crippen molar-refractivity contribution in [1.82, 2.24) is 5.32 Å². The van der Waals surface area contributed by atoms with Crippen molar-refractivity contribution in [3.05, 3.63) is 21.4 Å². The van der Waals surface area contributed by atoms with Crippen LogP contribution in [0.2, 0.25) is 0 Å². The van der Waals surface area contributed by atoms with Crippen molar-refractivity contribution in [3.8, 4) is 0 Å². The van der Waals surface area contributed by atoms with E-state index in [-0.39, 0.29) is 18.3 Å². The topological polar surface area (TPSA) is 64.3 Å². The first kappa shape index (κ1) is 14.4. The van der Waals surface area contributed by atoms with Gasteiger partial charge in [-0.25, -0.2) is 0 Å². The number of amides is 1. The Labute approximate surface area is 111 Å². The molecule has 4 nitrogen and oxygen atoms in total. The summed E-state index contributed by atoms with van der Waals surface area (Å²) in [6, 6.07) is 1.94. The molecule has 1 aromatic heterocycles. The molecule has 2 rings (SSSR count). The largest absolute Gasteiger partial charge is 0.376 e. The molecule has 96 valence electrons. The lowest BCUT2D eigenvalue weighted by Crippen LogP contribution is -2.25. The van der Waals surface area contributed by atoms with Crippen LogP contribution in [0, 0.1) is 0 Å². The molecule has 1 aliphatic rings. The van der Waals surface area contributed by atoms with Crippen LogP contribution in [0.5, 0.6) is 0 Å². The zero-order chi connectivity index (χ0) is 11.4. The van der Waals surface area contributed by atoms with E-state index in [0.29, 0.717) is 19.7 Å². The number of carbonyl (C=O) groups is 1. The Morgan fingerprint density at radius 2 is 2.41 bits per heavy atom. The number of hydrogen-bond donors (Lipinski definition) is 2. The minimum atomic E-state index is 0. The van der Waals surface area contributed by atoms with Gasteiger partial charge in [-0.1, -0.05) is 0 Å². The number of thiophene rings is 1. The molecule has 0 fully saturated rings. The zero-order valence-corrected chi connectivity index (χ0v) is 11.2. The van der Waals surface area contributed by atoms with Gasteiger partial charge in [0.25, 0.3) is 5.91 Å². The Bertz CT molecular complexity index is 358. The molecule has 17 heavy (non-hydrogen) atoms. The number of rotatable bonds is 4. The summed E-state index contributed by atoms with van der Waals surface area (Å²) < 4.78 is 5.35. The predicted molar refractivity (Wildman–Crippen MR) is 70.9 cm³/mol. The number of halogens is 1. The predicted octanol–water partition coefficient (Wildman–Crippen LogP) is 1.32. The van der Waals surface area contributed by atoms with Gasteiger partial charge in [-0.05, 0) is 24.6 Å². The van der Waals surface area contributed by atoms with Crippen LogP contribution in [-0.2, 0) is 17.8 Å². The molecular weight excluding hydrogens is 260 g/mol. The minimum Gasteiger partial charge on any atom is -0.376 e. The monoisotopic (exact) mass is 276 g/mol. The number of fused-ring (bicyclic) bond motifs is 1. The van der Waals surface area contributed by atoms with Crippen molar-refractivity contribution in [2.45, 2.75) is 19.4 Å². The second-order valence-corrected chi connectivity index (χ2v) is 4.90. The van der Waals surface area contributed by atoms with Crippen molar-refractivity contribution >= 4 is 29.7 Å². The zero-order valence-electron chi connectivity index (χ0n) is 9.53. The Morgan fingerprint density at radius 3 is 3.12 bits per heavy atom. The highest BCUT2D eigenvalue weighted by Crippen LogP contribution is 2.26. The Balaban J connectivity index is 0.00000144. The van der Waals surface area contributed by atoms with Crippen molar-refractivity contribution < 1.29 is 9.53 Å². The summed E-state index contributed by atoms with van der Waals surface area (Å²) >= 11 is 1.58. The molecule has 0 bridgehead atoms. The summed E-state index contributed by atoms with van der Waals surface area (Å²) in [6.07, 6.45) is 1.75. The van der Waals surface area contributed by atoms with Gasteiger partial charge in [0.05, 0.1) is 18.1 Å². The van der Waals surface area contributed by atoms with Crippen LogP contribution in [0.4, 0.5) is 0 Å². The normalized spacial score (nSPS) is 13.7. The van der Waals surface area contributed by atoms with E-state index in [2.05, 4.69) is 5.32 Å². The maximum absolute atomic E-state index is 11.8. The van der Waals surface area contributed by atoms with E-state index in [1.807, 2.05) is 6.07 Å². The molecule has 1 aliphatic heterocycles. The SMILES string of the molecule is Cl.NCCCNC(=O)c1cc2c(s1)CCOC2. The Morgan fingerprint density at radius 1 is 1.59 bits per heavy atom. The molecular formula is C11H17ClN2O2S. The second kappa shape index (κ2) is 6.96. The number of nitrogens with two attached hydrogens (primary N) is 1. The molecule has 1 aromatic rings. The smallest absolute Gasteiger partial charge is 0.261 e.